The molecule has 0 saturated heterocycles. The highest BCUT2D eigenvalue weighted by Crippen LogP contribution is 2.42. The summed E-state index contributed by atoms with van der Waals surface area (Å²) in [4.78, 5) is 0. The first-order chi connectivity index (χ1) is 11.0. The van der Waals surface area contributed by atoms with Gasteiger partial charge < -0.3 is 0 Å². The molecule has 1 aliphatic carbocycles. The molecule has 0 aliphatic heterocycles. The van der Waals surface area contributed by atoms with Crippen LogP contribution in [0.15, 0.2) is 77.5 Å². The second-order valence-corrected chi connectivity index (χ2v) is 12.7. The van der Waals surface area contributed by atoms with Gasteiger partial charge in [-0.05, 0) is 30.0 Å². The van der Waals surface area contributed by atoms with E-state index in [4.69, 9.17) is 0 Å². The standard InChI is InChI=1S/C22H26Si/c1-17-21(18-11-7-5-8-12-18)15-20(23(2,3)4)16-22(17)19-13-9-6-10-14-19/h5-15,22H,16H2,1-4H3. The molecule has 0 bridgehead atoms. The van der Waals surface area contributed by atoms with Crippen LogP contribution in [0.3, 0.4) is 0 Å². The second kappa shape index (κ2) is 6.33. The molecule has 23 heavy (non-hydrogen) atoms. The van der Waals surface area contributed by atoms with E-state index >= 15 is 0 Å². The lowest BCUT2D eigenvalue weighted by Crippen LogP contribution is -2.27. The van der Waals surface area contributed by atoms with Crippen molar-refractivity contribution in [3.05, 3.63) is 88.6 Å². The van der Waals surface area contributed by atoms with Crippen LogP contribution in [-0.2, 0) is 0 Å². The van der Waals surface area contributed by atoms with Crippen molar-refractivity contribution in [3.63, 3.8) is 0 Å². The fraction of sp³-hybridized carbons (Fsp3) is 0.273. The van der Waals surface area contributed by atoms with Gasteiger partial charge in [0.05, 0.1) is 8.07 Å². The Morgan fingerprint density at radius 1 is 0.826 bits per heavy atom. The fourth-order valence-corrected chi connectivity index (χ4v) is 4.81. The van der Waals surface area contributed by atoms with Crippen LogP contribution in [0.2, 0.25) is 19.6 Å². The van der Waals surface area contributed by atoms with Crippen LogP contribution in [0.4, 0.5) is 0 Å². The van der Waals surface area contributed by atoms with Gasteiger partial charge in [0.25, 0.3) is 0 Å². The molecule has 0 amide bonds. The van der Waals surface area contributed by atoms with Gasteiger partial charge in [0.15, 0.2) is 0 Å². The third-order valence-electron chi connectivity index (χ3n) is 4.94. The zero-order valence-electron chi connectivity index (χ0n) is 14.6. The van der Waals surface area contributed by atoms with Gasteiger partial charge in [-0.3, -0.25) is 0 Å². The number of rotatable bonds is 3. The Bertz CT molecular complexity index is 731. The summed E-state index contributed by atoms with van der Waals surface area (Å²) in [5, 5.41) is 1.68. The quantitative estimate of drug-likeness (QED) is 0.570. The van der Waals surface area contributed by atoms with Crippen molar-refractivity contribution >= 4 is 13.6 Å². The lowest BCUT2D eigenvalue weighted by atomic mass is 9.81. The minimum absolute atomic E-state index is 0.512. The molecule has 118 valence electrons. The van der Waals surface area contributed by atoms with Crippen molar-refractivity contribution in [1.82, 2.24) is 0 Å². The van der Waals surface area contributed by atoms with Gasteiger partial charge in [-0.2, -0.15) is 0 Å². The molecule has 0 heterocycles. The monoisotopic (exact) mass is 318 g/mol. The van der Waals surface area contributed by atoms with Crippen LogP contribution in [0.25, 0.3) is 5.57 Å². The summed E-state index contributed by atoms with van der Waals surface area (Å²) >= 11 is 0. The minimum Gasteiger partial charge on any atom is -0.0795 e. The molecule has 1 atom stereocenters. The summed E-state index contributed by atoms with van der Waals surface area (Å²) in [6.07, 6.45) is 3.68. The van der Waals surface area contributed by atoms with Crippen molar-refractivity contribution in [2.75, 3.05) is 0 Å². The van der Waals surface area contributed by atoms with Crippen LogP contribution in [-0.4, -0.2) is 8.07 Å². The average molecular weight is 319 g/mol. The summed E-state index contributed by atoms with van der Waals surface area (Å²) in [6, 6.07) is 21.9. The summed E-state index contributed by atoms with van der Waals surface area (Å²) in [6.45, 7) is 9.70. The first kappa shape index (κ1) is 16.0. The Morgan fingerprint density at radius 3 is 1.96 bits per heavy atom. The van der Waals surface area contributed by atoms with Gasteiger partial charge in [-0.1, -0.05) is 97.2 Å². The van der Waals surface area contributed by atoms with Gasteiger partial charge >= 0.3 is 0 Å². The van der Waals surface area contributed by atoms with Crippen molar-refractivity contribution in [2.24, 2.45) is 0 Å². The maximum absolute atomic E-state index is 2.50. The largest absolute Gasteiger partial charge is 0.0795 e. The Kier molecular flexibility index (Phi) is 4.41. The molecule has 1 aliphatic rings. The van der Waals surface area contributed by atoms with Gasteiger partial charge in [0.2, 0.25) is 0 Å². The Morgan fingerprint density at radius 2 is 1.39 bits per heavy atom. The van der Waals surface area contributed by atoms with Crippen molar-refractivity contribution in [1.29, 1.82) is 0 Å². The molecule has 0 fully saturated rings. The molecule has 0 radical (unpaired) electrons. The van der Waals surface area contributed by atoms with Crippen molar-refractivity contribution in [3.8, 4) is 0 Å². The lowest BCUT2D eigenvalue weighted by Gasteiger charge is -2.32. The molecule has 2 aromatic rings. The summed E-state index contributed by atoms with van der Waals surface area (Å²) in [5.74, 6) is 0.512. The first-order valence-corrected chi connectivity index (χ1v) is 12.0. The van der Waals surface area contributed by atoms with E-state index in [-0.39, 0.29) is 0 Å². The van der Waals surface area contributed by atoms with Crippen LogP contribution in [0, 0.1) is 0 Å². The molecule has 1 unspecified atom stereocenters. The summed E-state index contributed by atoms with van der Waals surface area (Å²) in [7, 11) is -1.31. The molecule has 0 aromatic heterocycles. The Balaban J connectivity index is 2.13. The van der Waals surface area contributed by atoms with Crippen molar-refractivity contribution in [2.45, 2.75) is 38.9 Å². The van der Waals surface area contributed by atoms with E-state index in [0.29, 0.717) is 5.92 Å². The highest BCUT2D eigenvalue weighted by molar-refractivity contribution is 6.83. The molecule has 3 rings (SSSR count). The Labute approximate surface area is 141 Å². The number of hydrogen-bond acceptors (Lipinski definition) is 0. The van der Waals surface area contributed by atoms with Crippen LogP contribution >= 0.6 is 0 Å². The van der Waals surface area contributed by atoms with Crippen LogP contribution in [0.5, 0.6) is 0 Å². The molecule has 0 N–H and O–H groups in total. The predicted molar refractivity (Wildman–Crippen MR) is 104 cm³/mol. The molecule has 2 aromatic carbocycles. The van der Waals surface area contributed by atoms with Gasteiger partial charge in [-0.15, -0.1) is 0 Å². The average Bonchev–Trinajstić information content (AvgIpc) is 2.55. The lowest BCUT2D eigenvalue weighted by molar-refractivity contribution is 0.787. The third kappa shape index (κ3) is 3.40. The van der Waals surface area contributed by atoms with Crippen molar-refractivity contribution < 1.29 is 0 Å². The van der Waals surface area contributed by atoms with E-state index < -0.39 is 8.07 Å². The summed E-state index contributed by atoms with van der Waals surface area (Å²) < 4.78 is 0. The fourth-order valence-electron chi connectivity index (χ4n) is 3.41. The topological polar surface area (TPSA) is 0 Å². The third-order valence-corrected chi connectivity index (χ3v) is 7.22. The zero-order valence-corrected chi connectivity index (χ0v) is 15.6. The highest BCUT2D eigenvalue weighted by atomic mass is 28.3. The molecule has 0 spiro atoms. The molecular formula is C22H26Si. The van der Waals surface area contributed by atoms with E-state index in [9.17, 15) is 0 Å². The number of allylic oxidation sites excluding steroid dienone is 4. The zero-order chi connectivity index (χ0) is 16.4. The SMILES string of the molecule is CC1=C(c2ccccc2)C=C([Si](C)(C)C)CC1c1ccccc1. The second-order valence-electron chi connectivity index (χ2n) is 7.55. The Hall–Kier alpha value is -1.86. The van der Waals surface area contributed by atoms with E-state index in [1.807, 2.05) is 0 Å². The first-order valence-electron chi connectivity index (χ1n) is 8.49. The van der Waals surface area contributed by atoms with E-state index in [1.54, 1.807) is 5.20 Å². The molecule has 0 saturated carbocycles. The van der Waals surface area contributed by atoms with Crippen LogP contribution in [0.1, 0.15) is 30.4 Å². The summed E-state index contributed by atoms with van der Waals surface area (Å²) in [5.41, 5.74) is 5.73. The van der Waals surface area contributed by atoms with Gasteiger partial charge in [-0.25, -0.2) is 0 Å². The smallest absolute Gasteiger partial charge is 0.0725 e. The number of benzene rings is 2. The predicted octanol–water partition coefficient (Wildman–Crippen LogP) is 6.45. The normalized spacial score (nSPS) is 18.8. The van der Waals surface area contributed by atoms with E-state index in [0.717, 1.165) is 0 Å². The number of hydrogen-bond donors (Lipinski definition) is 0. The van der Waals surface area contributed by atoms with Gasteiger partial charge in [0.1, 0.15) is 0 Å². The van der Waals surface area contributed by atoms with E-state index in [2.05, 4.69) is 93.3 Å². The minimum atomic E-state index is -1.31. The maximum Gasteiger partial charge on any atom is 0.0725 e. The van der Waals surface area contributed by atoms with Gasteiger partial charge in [0, 0.05) is 5.92 Å². The maximum atomic E-state index is 2.50. The molecular weight excluding hydrogens is 292 g/mol. The molecule has 1 heteroatoms. The molecule has 0 nitrogen and oxygen atoms in total. The highest BCUT2D eigenvalue weighted by Gasteiger charge is 2.29. The van der Waals surface area contributed by atoms with E-state index in [1.165, 1.54) is 28.7 Å². The van der Waals surface area contributed by atoms with Crippen LogP contribution < -0.4 is 0 Å².